The Kier molecular flexibility index (Phi) is 5.54. The maximum absolute atomic E-state index is 13.9. The number of hydrogen-bond acceptors (Lipinski definition) is 6. The molecule has 0 atom stereocenters. The van der Waals surface area contributed by atoms with Crippen molar-refractivity contribution in [2.75, 3.05) is 50.1 Å². The molecule has 0 bridgehead atoms. The standard InChI is InChI=1S/C21H21F2N3O4/c1-29-21-16(22)10-15(11-17(21)23)26-6-4-25(5-7-26)12-19(27)24-14-3-2-13-8-20(28)30-18(13)9-14/h2-3,9-11H,4-8,12H2,1H3,(H,24,27). The second-order valence-corrected chi connectivity index (χ2v) is 7.23. The first-order valence-corrected chi connectivity index (χ1v) is 9.56. The fourth-order valence-electron chi connectivity index (χ4n) is 3.68. The van der Waals surface area contributed by atoms with E-state index in [1.54, 1.807) is 18.2 Å². The summed E-state index contributed by atoms with van der Waals surface area (Å²) in [5.74, 6) is -1.89. The van der Waals surface area contributed by atoms with E-state index in [4.69, 9.17) is 9.47 Å². The maximum Gasteiger partial charge on any atom is 0.315 e. The Morgan fingerprint density at radius 1 is 1.13 bits per heavy atom. The third kappa shape index (κ3) is 4.20. The van der Waals surface area contributed by atoms with E-state index < -0.39 is 17.4 Å². The number of piperazine rings is 1. The summed E-state index contributed by atoms with van der Waals surface area (Å²) in [6.07, 6.45) is 0.246. The average Bonchev–Trinajstić information content (AvgIpc) is 3.07. The summed E-state index contributed by atoms with van der Waals surface area (Å²) in [4.78, 5) is 27.5. The van der Waals surface area contributed by atoms with Gasteiger partial charge in [0.25, 0.3) is 0 Å². The van der Waals surface area contributed by atoms with Crippen molar-refractivity contribution in [2.24, 2.45) is 0 Å². The topological polar surface area (TPSA) is 71.1 Å². The molecule has 0 aliphatic carbocycles. The highest BCUT2D eigenvalue weighted by molar-refractivity contribution is 5.93. The minimum absolute atomic E-state index is 0.186. The van der Waals surface area contributed by atoms with E-state index in [0.29, 0.717) is 43.3 Å². The van der Waals surface area contributed by atoms with Gasteiger partial charge in [0.15, 0.2) is 17.4 Å². The summed E-state index contributed by atoms with van der Waals surface area (Å²) < 4.78 is 37.7. The van der Waals surface area contributed by atoms with Gasteiger partial charge in [-0.2, -0.15) is 0 Å². The Labute approximate surface area is 172 Å². The van der Waals surface area contributed by atoms with Crippen molar-refractivity contribution >= 4 is 23.3 Å². The third-order valence-corrected chi connectivity index (χ3v) is 5.20. The van der Waals surface area contributed by atoms with Crippen molar-refractivity contribution in [3.63, 3.8) is 0 Å². The Morgan fingerprint density at radius 3 is 2.50 bits per heavy atom. The van der Waals surface area contributed by atoms with Gasteiger partial charge < -0.3 is 19.7 Å². The normalized spacial score (nSPS) is 16.2. The molecular weight excluding hydrogens is 396 g/mol. The number of halogens is 2. The fourth-order valence-corrected chi connectivity index (χ4v) is 3.68. The molecule has 4 rings (SSSR count). The van der Waals surface area contributed by atoms with Gasteiger partial charge in [-0.3, -0.25) is 14.5 Å². The van der Waals surface area contributed by atoms with Gasteiger partial charge in [0.05, 0.1) is 20.1 Å². The number of carbonyl (C=O) groups is 2. The van der Waals surface area contributed by atoms with Crippen LogP contribution in [0, 0.1) is 11.6 Å². The molecule has 0 unspecified atom stereocenters. The molecule has 1 amide bonds. The summed E-state index contributed by atoms with van der Waals surface area (Å²) in [7, 11) is 1.22. The zero-order chi connectivity index (χ0) is 21.3. The third-order valence-electron chi connectivity index (χ3n) is 5.20. The number of nitrogens with zero attached hydrogens (tertiary/aromatic N) is 2. The molecule has 0 saturated carbocycles. The van der Waals surface area contributed by atoms with Gasteiger partial charge in [0, 0.05) is 61.3 Å². The van der Waals surface area contributed by atoms with E-state index in [0.717, 1.165) is 5.56 Å². The van der Waals surface area contributed by atoms with Crippen LogP contribution in [0.3, 0.4) is 0 Å². The van der Waals surface area contributed by atoms with Gasteiger partial charge in [-0.25, -0.2) is 8.78 Å². The lowest BCUT2D eigenvalue weighted by atomic mass is 10.1. The molecular formula is C21H21F2N3O4. The number of nitrogens with one attached hydrogen (secondary N) is 1. The predicted octanol–water partition coefficient (Wildman–Crippen LogP) is 2.20. The van der Waals surface area contributed by atoms with E-state index in [1.165, 1.54) is 19.2 Å². The second-order valence-electron chi connectivity index (χ2n) is 7.23. The van der Waals surface area contributed by atoms with Gasteiger partial charge >= 0.3 is 5.97 Å². The van der Waals surface area contributed by atoms with Crippen LogP contribution >= 0.6 is 0 Å². The largest absolute Gasteiger partial charge is 0.491 e. The summed E-state index contributed by atoms with van der Waals surface area (Å²) in [5, 5.41) is 2.81. The van der Waals surface area contributed by atoms with Crippen LogP contribution < -0.4 is 19.7 Å². The minimum atomic E-state index is -0.741. The first kappa shape index (κ1) is 20.1. The average molecular weight is 417 g/mol. The highest BCUT2D eigenvalue weighted by Crippen LogP contribution is 2.29. The molecule has 0 aromatic heterocycles. The molecule has 1 fully saturated rings. The van der Waals surface area contributed by atoms with Crippen molar-refractivity contribution in [1.29, 1.82) is 0 Å². The molecule has 30 heavy (non-hydrogen) atoms. The van der Waals surface area contributed by atoms with Crippen LogP contribution in [0.25, 0.3) is 0 Å². The summed E-state index contributed by atoms with van der Waals surface area (Å²) in [6.45, 7) is 2.41. The number of carbonyl (C=O) groups excluding carboxylic acids is 2. The smallest absolute Gasteiger partial charge is 0.315 e. The number of hydrogen-bond donors (Lipinski definition) is 1. The number of anilines is 2. The van der Waals surface area contributed by atoms with Crippen LogP contribution in [0.1, 0.15) is 5.56 Å². The Balaban J connectivity index is 1.30. The number of rotatable bonds is 5. The lowest BCUT2D eigenvalue weighted by Gasteiger charge is -2.35. The summed E-state index contributed by atoms with van der Waals surface area (Å²) >= 11 is 0. The lowest BCUT2D eigenvalue weighted by Crippen LogP contribution is -2.48. The first-order chi connectivity index (χ1) is 14.4. The van der Waals surface area contributed by atoms with Crippen molar-refractivity contribution in [1.82, 2.24) is 4.90 Å². The van der Waals surface area contributed by atoms with Crippen molar-refractivity contribution in [3.8, 4) is 11.5 Å². The second kappa shape index (κ2) is 8.27. The zero-order valence-corrected chi connectivity index (χ0v) is 16.4. The van der Waals surface area contributed by atoms with Crippen molar-refractivity contribution < 1.29 is 27.8 Å². The molecule has 2 heterocycles. The molecule has 0 radical (unpaired) electrons. The van der Waals surface area contributed by atoms with E-state index in [-0.39, 0.29) is 24.8 Å². The molecule has 2 aromatic carbocycles. The van der Waals surface area contributed by atoms with E-state index in [1.807, 2.05) is 9.80 Å². The Hall–Kier alpha value is -3.20. The van der Waals surface area contributed by atoms with E-state index >= 15 is 0 Å². The fraction of sp³-hybridized carbons (Fsp3) is 0.333. The first-order valence-electron chi connectivity index (χ1n) is 9.56. The molecule has 9 heteroatoms. The number of benzene rings is 2. The van der Waals surface area contributed by atoms with E-state index in [2.05, 4.69) is 5.32 Å². The highest BCUT2D eigenvalue weighted by Gasteiger charge is 2.23. The number of fused-ring (bicyclic) bond motifs is 1. The van der Waals surface area contributed by atoms with Crippen molar-refractivity contribution in [2.45, 2.75) is 6.42 Å². The molecule has 2 aliphatic rings. The van der Waals surface area contributed by atoms with Gasteiger partial charge in [-0.15, -0.1) is 0 Å². The van der Waals surface area contributed by atoms with Crippen LogP contribution in [-0.2, 0) is 16.0 Å². The number of ether oxygens (including phenoxy) is 2. The van der Waals surface area contributed by atoms with Crippen LogP contribution in [0.15, 0.2) is 30.3 Å². The lowest BCUT2D eigenvalue weighted by molar-refractivity contribution is -0.131. The van der Waals surface area contributed by atoms with Gasteiger partial charge in [0.1, 0.15) is 5.75 Å². The molecule has 2 aromatic rings. The Morgan fingerprint density at radius 2 is 1.83 bits per heavy atom. The molecule has 1 saturated heterocycles. The molecule has 0 spiro atoms. The van der Waals surface area contributed by atoms with Crippen LogP contribution in [0.5, 0.6) is 11.5 Å². The summed E-state index contributed by atoms with van der Waals surface area (Å²) in [5.41, 5.74) is 1.82. The quantitative estimate of drug-likeness (QED) is 0.594. The SMILES string of the molecule is COc1c(F)cc(N2CCN(CC(=O)Nc3ccc4c(c3)OC(=O)C4)CC2)cc1F. The molecule has 1 N–H and O–H groups in total. The van der Waals surface area contributed by atoms with Gasteiger partial charge in [0.2, 0.25) is 5.91 Å². The van der Waals surface area contributed by atoms with Crippen LogP contribution in [-0.4, -0.2) is 56.6 Å². The highest BCUT2D eigenvalue weighted by atomic mass is 19.1. The van der Waals surface area contributed by atoms with Crippen LogP contribution in [0.4, 0.5) is 20.2 Å². The minimum Gasteiger partial charge on any atom is -0.491 e. The number of amides is 1. The van der Waals surface area contributed by atoms with Gasteiger partial charge in [-0.1, -0.05) is 6.07 Å². The zero-order valence-electron chi connectivity index (χ0n) is 16.4. The summed E-state index contributed by atoms with van der Waals surface area (Å²) in [6, 6.07) is 7.66. The van der Waals surface area contributed by atoms with Crippen molar-refractivity contribution in [3.05, 3.63) is 47.5 Å². The number of esters is 1. The van der Waals surface area contributed by atoms with E-state index in [9.17, 15) is 18.4 Å². The predicted molar refractivity (Wildman–Crippen MR) is 106 cm³/mol. The molecule has 2 aliphatic heterocycles. The maximum atomic E-state index is 13.9. The van der Waals surface area contributed by atoms with Gasteiger partial charge in [-0.05, 0) is 6.07 Å². The number of methoxy groups -OCH3 is 1. The Bertz CT molecular complexity index is 967. The molecule has 158 valence electrons. The van der Waals surface area contributed by atoms with Crippen LogP contribution in [0.2, 0.25) is 0 Å². The monoisotopic (exact) mass is 417 g/mol. The molecule has 7 nitrogen and oxygen atoms in total.